The van der Waals surface area contributed by atoms with Crippen LogP contribution < -0.4 is 5.56 Å². The molecule has 0 aromatic carbocycles. The van der Waals surface area contributed by atoms with Gasteiger partial charge >= 0.3 is 0 Å². The fourth-order valence-electron chi connectivity index (χ4n) is 0.552. The molecule has 1 heterocycles. The van der Waals surface area contributed by atoms with E-state index in [0.717, 1.165) is 5.69 Å². The number of hydrogen-bond acceptors (Lipinski definition) is 2. The molecule has 0 N–H and O–H groups in total. The lowest BCUT2D eigenvalue weighted by Crippen LogP contribution is -2.15. The summed E-state index contributed by atoms with van der Waals surface area (Å²) in [6, 6.07) is 1.50. The molecule has 0 bridgehead atoms. The molecule has 0 amide bonds. The predicted molar refractivity (Wildman–Crippen MR) is 34.2 cm³/mol. The summed E-state index contributed by atoms with van der Waals surface area (Å²) >= 11 is 0. The highest BCUT2D eigenvalue weighted by Gasteiger charge is 1.87. The third-order valence-corrected chi connectivity index (χ3v) is 1.11. The largest absolute Gasteiger partial charge is 0.302 e. The Morgan fingerprint density at radius 2 is 2.33 bits per heavy atom. The highest BCUT2D eigenvalue weighted by Crippen LogP contribution is 1.80. The lowest BCUT2D eigenvalue weighted by atomic mass is 10.4. The van der Waals surface area contributed by atoms with Gasteiger partial charge in [0.1, 0.15) is 0 Å². The normalized spacial score (nSPS) is 9.56. The summed E-state index contributed by atoms with van der Waals surface area (Å²) in [5, 5.41) is 0. The van der Waals surface area contributed by atoms with Gasteiger partial charge in [-0.2, -0.15) is 0 Å². The van der Waals surface area contributed by atoms with Crippen molar-refractivity contribution >= 4 is 0 Å². The first-order valence-electron chi connectivity index (χ1n) is 2.69. The van der Waals surface area contributed by atoms with E-state index in [0.29, 0.717) is 0 Å². The van der Waals surface area contributed by atoms with E-state index in [9.17, 15) is 4.79 Å². The molecule has 1 aromatic rings. The maximum absolute atomic E-state index is 10.8. The van der Waals surface area contributed by atoms with E-state index >= 15 is 0 Å². The maximum atomic E-state index is 10.8. The first-order valence-corrected chi connectivity index (χ1v) is 2.69. The van der Waals surface area contributed by atoms with Crippen molar-refractivity contribution < 1.29 is 0 Å². The molecule has 0 aliphatic carbocycles. The van der Waals surface area contributed by atoms with Gasteiger partial charge in [-0.15, -0.1) is 0 Å². The summed E-state index contributed by atoms with van der Waals surface area (Å²) in [4.78, 5) is 14.7. The summed E-state index contributed by atoms with van der Waals surface area (Å²) in [6.07, 6.45) is 1.51. The highest BCUT2D eigenvalue weighted by molar-refractivity contribution is 4.95. The minimum Gasteiger partial charge on any atom is -0.302 e. The summed E-state index contributed by atoms with van der Waals surface area (Å²) in [7, 11) is 1.68. The first kappa shape index (κ1) is 6.01. The van der Waals surface area contributed by atoms with Crippen LogP contribution in [0.25, 0.3) is 0 Å². The van der Waals surface area contributed by atoms with Gasteiger partial charge in [-0.25, -0.2) is 4.98 Å². The van der Waals surface area contributed by atoms with Crippen molar-refractivity contribution in [2.24, 2.45) is 7.05 Å². The molecule has 9 heavy (non-hydrogen) atoms. The number of rotatable bonds is 0. The minimum atomic E-state index is -0.0116. The highest BCUT2D eigenvalue weighted by atomic mass is 16.1. The number of aryl methyl sites for hydroxylation is 2. The molecule has 0 saturated heterocycles. The van der Waals surface area contributed by atoms with Gasteiger partial charge in [0, 0.05) is 18.8 Å². The third-order valence-electron chi connectivity index (χ3n) is 1.11. The van der Waals surface area contributed by atoms with Crippen molar-refractivity contribution in [2.45, 2.75) is 6.92 Å². The van der Waals surface area contributed by atoms with Crippen LogP contribution in [0.4, 0.5) is 0 Å². The molecule has 0 aliphatic heterocycles. The number of aromatic nitrogens is 2. The van der Waals surface area contributed by atoms with Crippen LogP contribution >= 0.6 is 0 Å². The fraction of sp³-hybridized carbons (Fsp3) is 0.333. The molecule has 0 spiro atoms. The molecule has 0 saturated carbocycles. The third kappa shape index (κ3) is 1.16. The van der Waals surface area contributed by atoms with Gasteiger partial charge in [0.05, 0.1) is 6.33 Å². The topological polar surface area (TPSA) is 34.9 Å². The average Bonchev–Trinajstić information content (AvgIpc) is 1.80. The van der Waals surface area contributed by atoms with Crippen LogP contribution in [0.2, 0.25) is 0 Å². The van der Waals surface area contributed by atoms with Crippen LogP contribution in [0, 0.1) is 6.92 Å². The van der Waals surface area contributed by atoms with Crippen LogP contribution in [0.3, 0.4) is 0 Å². The standard InChI is InChI=1S/C6H8N2O/c1-5-3-6(9)8(2)4-7-5/h3-4H,1-2H3. The van der Waals surface area contributed by atoms with E-state index in [1.54, 1.807) is 14.0 Å². The Bertz CT molecular complexity index is 264. The lowest BCUT2D eigenvalue weighted by Gasteiger charge is -1.93. The minimum absolute atomic E-state index is 0.0116. The van der Waals surface area contributed by atoms with Gasteiger partial charge in [0.15, 0.2) is 0 Å². The molecule has 1 aromatic heterocycles. The van der Waals surface area contributed by atoms with Gasteiger partial charge in [-0.3, -0.25) is 4.79 Å². The van der Waals surface area contributed by atoms with Crippen molar-refractivity contribution in [1.29, 1.82) is 0 Å². The van der Waals surface area contributed by atoms with Crippen molar-refractivity contribution in [1.82, 2.24) is 9.55 Å². The number of hydrogen-bond donors (Lipinski definition) is 0. The van der Waals surface area contributed by atoms with Gasteiger partial charge in [-0.1, -0.05) is 0 Å². The molecule has 0 radical (unpaired) electrons. The van der Waals surface area contributed by atoms with Crippen LogP contribution in [0.15, 0.2) is 17.2 Å². The SMILES string of the molecule is Cc1cc(=O)n(C)cn1. The Kier molecular flexibility index (Phi) is 1.34. The molecule has 1 rings (SSSR count). The first-order chi connectivity index (χ1) is 4.20. The fourth-order valence-corrected chi connectivity index (χ4v) is 0.552. The maximum Gasteiger partial charge on any atom is 0.253 e. The molecule has 0 unspecified atom stereocenters. The van der Waals surface area contributed by atoms with Crippen molar-refractivity contribution in [2.75, 3.05) is 0 Å². The molecule has 48 valence electrons. The molecule has 0 atom stereocenters. The zero-order chi connectivity index (χ0) is 6.85. The predicted octanol–water partition coefficient (Wildman–Crippen LogP) is 0.0887. The van der Waals surface area contributed by atoms with Crippen LogP contribution in [0.1, 0.15) is 5.69 Å². The van der Waals surface area contributed by atoms with Crippen molar-refractivity contribution in [3.05, 3.63) is 28.4 Å². The molecule has 0 fully saturated rings. The van der Waals surface area contributed by atoms with Crippen LogP contribution in [0.5, 0.6) is 0 Å². The number of nitrogens with zero attached hydrogens (tertiary/aromatic N) is 2. The second kappa shape index (κ2) is 2.01. The van der Waals surface area contributed by atoms with Gasteiger partial charge in [0.2, 0.25) is 0 Å². The molecule has 0 aliphatic rings. The van der Waals surface area contributed by atoms with Gasteiger partial charge in [0.25, 0.3) is 5.56 Å². The second-order valence-corrected chi connectivity index (χ2v) is 1.98. The smallest absolute Gasteiger partial charge is 0.253 e. The summed E-state index contributed by atoms with van der Waals surface area (Å²) in [6.45, 7) is 1.79. The van der Waals surface area contributed by atoms with E-state index < -0.39 is 0 Å². The van der Waals surface area contributed by atoms with E-state index in [4.69, 9.17) is 0 Å². The Morgan fingerprint density at radius 1 is 1.67 bits per heavy atom. The Balaban J connectivity index is 3.34. The van der Waals surface area contributed by atoms with Gasteiger partial charge in [-0.05, 0) is 6.92 Å². The van der Waals surface area contributed by atoms with Crippen LogP contribution in [-0.4, -0.2) is 9.55 Å². The van der Waals surface area contributed by atoms with E-state index in [2.05, 4.69) is 4.98 Å². The quantitative estimate of drug-likeness (QED) is 0.491. The Labute approximate surface area is 53.0 Å². The van der Waals surface area contributed by atoms with E-state index in [1.165, 1.54) is 17.0 Å². The molecular formula is C6H8N2O. The van der Waals surface area contributed by atoms with E-state index in [1.807, 2.05) is 0 Å². The van der Waals surface area contributed by atoms with Crippen LogP contribution in [-0.2, 0) is 7.05 Å². The zero-order valence-corrected chi connectivity index (χ0v) is 5.46. The summed E-state index contributed by atoms with van der Waals surface area (Å²) in [5.41, 5.74) is 0.751. The monoisotopic (exact) mass is 124 g/mol. The van der Waals surface area contributed by atoms with Gasteiger partial charge < -0.3 is 4.57 Å². The lowest BCUT2D eigenvalue weighted by molar-refractivity contribution is 0.814. The summed E-state index contributed by atoms with van der Waals surface area (Å²) < 4.78 is 1.44. The second-order valence-electron chi connectivity index (χ2n) is 1.98. The molecule has 3 heteroatoms. The zero-order valence-electron chi connectivity index (χ0n) is 5.46. The van der Waals surface area contributed by atoms with E-state index in [-0.39, 0.29) is 5.56 Å². The van der Waals surface area contributed by atoms with Crippen molar-refractivity contribution in [3.63, 3.8) is 0 Å². The Hall–Kier alpha value is -1.12. The molecular weight excluding hydrogens is 116 g/mol. The average molecular weight is 124 g/mol. The summed E-state index contributed by atoms with van der Waals surface area (Å²) in [5.74, 6) is 0. The Morgan fingerprint density at radius 3 is 2.78 bits per heavy atom. The molecule has 3 nitrogen and oxygen atoms in total. The van der Waals surface area contributed by atoms with Crippen molar-refractivity contribution in [3.8, 4) is 0 Å².